The van der Waals surface area contributed by atoms with Gasteiger partial charge >= 0.3 is 0 Å². The van der Waals surface area contributed by atoms with E-state index in [9.17, 15) is 5.11 Å². The number of aromatic nitrogens is 4. The smallest absolute Gasteiger partial charge is 0.259 e. The number of rotatable bonds is 5. The van der Waals surface area contributed by atoms with Crippen LogP contribution in [0.4, 0.5) is 0 Å². The zero-order valence-corrected chi connectivity index (χ0v) is 14.1. The van der Waals surface area contributed by atoms with Gasteiger partial charge in [0.25, 0.3) is 5.89 Å². The third kappa shape index (κ3) is 3.20. The number of hydrogen-bond acceptors (Lipinski definition) is 6. The lowest BCUT2D eigenvalue weighted by molar-refractivity contribution is 0.0130. The fourth-order valence-corrected chi connectivity index (χ4v) is 3.19. The lowest BCUT2D eigenvalue weighted by Crippen LogP contribution is -2.31. The van der Waals surface area contributed by atoms with E-state index in [0.717, 1.165) is 23.6 Å². The molecular weight excluding hydrogens is 318 g/mol. The number of hydrogen-bond donors (Lipinski definition) is 2. The lowest BCUT2D eigenvalue weighted by Gasteiger charge is -2.19. The molecule has 3 heterocycles. The van der Waals surface area contributed by atoms with Crippen molar-refractivity contribution >= 4 is 0 Å². The number of β-amino-alcohol motifs (C(OH)–C–C–N with tert-alkyl or cyclic N) is 1. The van der Waals surface area contributed by atoms with Gasteiger partial charge in [-0.2, -0.15) is 4.98 Å². The van der Waals surface area contributed by atoms with Gasteiger partial charge in [0.15, 0.2) is 11.4 Å². The first-order valence-electron chi connectivity index (χ1n) is 8.53. The van der Waals surface area contributed by atoms with E-state index in [1.165, 1.54) is 0 Å². The molecule has 0 spiro atoms. The van der Waals surface area contributed by atoms with Crippen LogP contribution in [0.25, 0.3) is 11.4 Å². The van der Waals surface area contributed by atoms with Crippen molar-refractivity contribution < 1.29 is 9.63 Å². The zero-order valence-electron chi connectivity index (χ0n) is 14.1. The second kappa shape index (κ2) is 6.42. The van der Waals surface area contributed by atoms with Gasteiger partial charge < -0.3 is 14.6 Å². The Kier molecular flexibility index (Phi) is 4.10. The standard InChI is InChI=1S/C18H21N5O2/c1-2-15-21-17(25-22-15)18(24)8-9-23(12-18)11-14-10-19-16(20-14)13-6-4-3-5-7-13/h3-7,10,24H,2,8-9,11-12H2,1H3,(H,19,20). The summed E-state index contributed by atoms with van der Waals surface area (Å²) in [5.74, 6) is 1.80. The van der Waals surface area contributed by atoms with Crippen LogP contribution in [0, 0.1) is 0 Å². The Balaban J connectivity index is 1.44. The summed E-state index contributed by atoms with van der Waals surface area (Å²) in [7, 11) is 0. The molecule has 7 heteroatoms. The van der Waals surface area contributed by atoms with Gasteiger partial charge in [0.1, 0.15) is 5.82 Å². The highest BCUT2D eigenvalue weighted by molar-refractivity contribution is 5.54. The summed E-state index contributed by atoms with van der Waals surface area (Å²) in [6.45, 7) is 3.89. The Bertz CT molecular complexity index is 844. The molecule has 2 N–H and O–H groups in total. The number of nitrogens with one attached hydrogen (secondary N) is 1. The zero-order chi connectivity index (χ0) is 17.3. The molecule has 0 amide bonds. The molecule has 130 valence electrons. The Labute approximate surface area is 145 Å². The van der Waals surface area contributed by atoms with E-state index < -0.39 is 5.60 Å². The van der Waals surface area contributed by atoms with Crippen LogP contribution in [0.15, 0.2) is 41.1 Å². The molecule has 0 bridgehead atoms. The van der Waals surface area contributed by atoms with Crippen LogP contribution in [-0.2, 0) is 18.6 Å². The first-order chi connectivity index (χ1) is 12.2. The normalized spacial score (nSPS) is 21.0. The maximum atomic E-state index is 10.8. The Morgan fingerprint density at radius 2 is 2.16 bits per heavy atom. The molecule has 0 aliphatic carbocycles. The quantitative estimate of drug-likeness (QED) is 0.740. The van der Waals surface area contributed by atoms with Gasteiger partial charge in [-0.1, -0.05) is 42.4 Å². The van der Waals surface area contributed by atoms with E-state index in [1.54, 1.807) is 0 Å². The molecular formula is C18H21N5O2. The highest BCUT2D eigenvalue weighted by Gasteiger charge is 2.42. The summed E-state index contributed by atoms with van der Waals surface area (Å²) in [4.78, 5) is 14.3. The van der Waals surface area contributed by atoms with Crippen LogP contribution >= 0.6 is 0 Å². The Morgan fingerprint density at radius 1 is 1.32 bits per heavy atom. The summed E-state index contributed by atoms with van der Waals surface area (Å²) in [5, 5.41) is 14.7. The van der Waals surface area contributed by atoms with E-state index in [2.05, 4.69) is 25.0 Å². The van der Waals surface area contributed by atoms with Gasteiger partial charge in [-0.05, 0) is 6.42 Å². The average molecular weight is 339 g/mol. The van der Waals surface area contributed by atoms with Crippen molar-refractivity contribution in [3.8, 4) is 11.4 Å². The van der Waals surface area contributed by atoms with Gasteiger partial charge in [0, 0.05) is 43.5 Å². The molecule has 1 aromatic carbocycles. The van der Waals surface area contributed by atoms with Crippen LogP contribution in [0.5, 0.6) is 0 Å². The number of aromatic amines is 1. The molecule has 1 aliphatic rings. The van der Waals surface area contributed by atoms with Crippen LogP contribution in [0.2, 0.25) is 0 Å². The largest absolute Gasteiger partial charge is 0.379 e. The van der Waals surface area contributed by atoms with Gasteiger partial charge in [-0.25, -0.2) is 4.98 Å². The van der Waals surface area contributed by atoms with Crippen LogP contribution in [-0.4, -0.2) is 43.2 Å². The van der Waals surface area contributed by atoms with Gasteiger partial charge in [-0.15, -0.1) is 0 Å². The number of benzene rings is 1. The number of H-pyrrole nitrogens is 1. The molecule has 0 radical (unpaired) electrons. The summed E-state index contributed by atoms with van der Waals surface area (Å²) >= 11 is 0. The molecule has 1 saturated heterocycles. The molecule has 1 unspecified atom stereocenters. The predicted octanol–water partition coefficient (Wildman–Crippen LogP) is 2.12. The maximum absolute atomic E-state index is 10.8. The van der Waals surface area contributed by atoms with Crippen molar-refractivity contribution in [3.63, 3.8) is 0 Å². The highest BCUT2D eigenvalue weighted by atomic mass is 16.5. The van der Waals surface area contributed by atoms with Gasteiger partial charge in [0.05, 0.1) is 0 Å². The van der Waals surface area contributed by atoms with Crippen LogP contribution < -0.4 is 0 Å². The number of aliphatic hydroxyl groups is 1. The summed E-state index contributed by atoms with van der Waals surface area (Å²) in [6, 6.07) is 10.0. The van der Waals surface area contributed by atoms with E-state index in [0.29, 0.717) is 37.6 Å². The monoisotopic (exact) mass is 339 g/mol. The lowest BCUT2D eigenvalue weighted by atomic mass is 10.0. The van der Waals surface area contributed by atoms with E-state index in [1.807, 2.05) is 43.5 Å². The second-order valence-corrected chi connectivity index (χ2v) is 6.48. The molecule has 3 aromatic rings. The minimum atomic E-state index is -1.07. The first kappa shape index (κ1) is 16.0. The average Bonchev–Trinajstić information content (AvgIpc) is 3.36. The minimum Gasteiger partial charge on any atom is -0.379 e. The number of nitrogens with zero attached hydrogens (tertiary/aromatic N) is 4. The second-order valence-electron chi connectivity index (χ2n) is 6.48. The molecule has 1 aliphatic heterocycles. The fraction of sp³-hybridized carbons (Fsp3) is 0.389. The SMILES string of the molecule is CCc1noc(C2(O)CCN(Cc3cnc(-c4ccccc4)[nH]3)C2)n1. The highest BCUT2D eigenvalue weighted by Crippen LogP contribution is 2.31. The van der Waals surface area contributed by atoms with Gasteiger partial charge in [-0.3, -0.25) is 4.90 Å². The van der Waals surface area contributed by atoms with Crippen molar-refractivity contribution in [3.05, 3.63) is 53.9 Å². The topological polar surface area (TPSA) is 91.1 Å². The molecule has 0 saturated carbocycles. The van der Waals surface area contributed by atoms with Crippen molar-refractivity contribution in [2.75, 3.05) is 13.1 Å². The molecule has 2 aromatic heterocycles. The predicted molar refractivity (Wildman–Crippen MR) is 91.5 cm³/mol. The van der Waals surface area contributed by atoms with E-state index in [4.69, 9.17) is 4.52 Å². The summed E-state index contributed by atoms with van der Waals surface area (Å²) in [6.07, 6.45) is 3.12. The third-order valence-corrected chi connectivity index (χ3v) is 4.58. The molecule has 7 nitrogen and oxygen atoms in total. The van der Waals surface area contributed by atoms with Crippen LogP contribution in [0.1, 0.15) is 30.8 Å². The minimum absolute atomic E-state index is 0.321. The van der Waals surface area contributed by atoms with Crippen LogP contribution in [0.3, 0.4) is 0 Å². The maximum Gasteiger partial charge on any atom is 0.259 e. The molecule has 25 heavy (non-hydrogen) atoms. The van der Waals surface area contributed by atoms with Crippen molar-refractivity contribution in [2.45, 2.75) is 31.9 Å². The summed E-state index contributed by atoms with van der Waals surface area (Å²) in [5.41, 5.74) is 1.01. The molecule has 1 fully saturated rings. The van der Waals surface area contributed by atoms with Crippen molar-refractivity contribution in [1.29, 1.82) is 0 Å². The van der Waals surface area contributed by atoms with Crippen molar-refractivity contribution in [2.24, 2.45) is 0 Å². The summed E-state index contributed by atoms with van der Waals surface area (Å²) < 4.78 is 5.25. The Hall–Kier alpha value is -2.51. The molecule has 4 rings (SSSR count). The Morgan fingerprint density at radius 3 is 2.92 bits per heavy atom. The molecule has 1 atom stereocenters. The van der Waals surface area contributed by atoms with Crippen molar-refractivity contribution in [1.82, 2.24) is 25.0 Å². The number of imidazole rings is 1. The first-order valence-corrected chi connectivity index (χ1v) is 8.53. The number of aryl methyl sites for hydroxylation is 1. The van der Waals surface area contributed by atoms with Gasteiger partial charge in [0.2, 0.25) is 0 Å². The van der Waals surface area contributed by atoms with E-state index in [-0.39, 0.29) is 0 Å². The fourth-order valence-electron chi connectivity index (χ4n) is 3.19. The third-order valence-electron chi connectivity index (χ3n) is 4.58. The number of likely N-dealkylation sites (tertiary alicyclic amines) is 1. The van der Waals surface area contributed by atoms with E-state index >= 15 is 0 Å².